The van der Waals surface area contributed by atoms with E-state index in [2.05, 4.69) is 5.32 Å². The average Bonchev–Trinajstić information content (AvgIpc) is 2.81. The molecule has 1 aliphatic heterocycles. The minimum atomic E-state index is -0.655. The van der Waals surface area contributed by atoms with E-state index in [1.165, 1.54) is 24.3 Å². The second kappa shape index (κ2) is 11.3. The van der Waals surface area contributed by atoms with Crippen molar-refractivity contribution in [2.45, 2.75) is 39.0 Å². The molecule has 0 saturated heterocycles. The Balaban J connectivity index is 1.81. The molecule has 1 amide bonds. The predicted octanol–water partition coefficient (Wildman–Crippen LogP) is 3.68. The zero-order valence-electron chi connectivity index (χ0n) is 19.1. The van der Waals surface area contributed by atoms with E-state index < -0.39 is 22.8 Å². The molecule has 0 bridgehead atoms. The Morgan fingerprint density at radius 2 is 1.97 bits per heavy atom. The van der Waals surface area contributed by atoms with Gasteiger partial charge in [0.05, 0.1) is 37.2 Å². The molecule has 34 heavy (non-hydrogen) atoms. The van der Waals surface area contributed by atoms with Gasteiger partial charge in [-0.2, -0.15) is 0 Å². The molecular weight excluding hydrogens is 444 g/mol. The maximum absolute atomic E-state index is 12.7. The summed E-state index contributed by atoms with van der Waals surface area (Å²) in [5.74, 6) is 0.109. The molecule has 1 atom stereocenters. The van der Waals surface area contributed by atoms with Gasteiger partial charge in [0.15, 0.2) is 6.79 Å². The van der Waals surface area contributed by atoms with Crippen LogP contribution in [0.4, 0.5) is 5.69 Å². The molecule has 0 spiro atoms. The van der Waals surface area contributed by atoms with Crippen molar-refractivity contribution in [2.24, 2.45) is 0 Å². The quantitative estimate of drug-likeness (QED) is 0.255. The second-order valence-electron chi connectivity index (χ2n) is 7.80. The highest BCUT2D eigenvalue weighted by atomic mass is 16.7. The largest absolute Gasteiger partial charge is 0.497 e. The summed E-state index contributed by atoms with van der Waals surface area (Å²) >= 11 is 0. The number of benzene rings is 2. The number of ether oxygens (including phenoxy) is 4. The summed E-state index contributed by atoms with van der Waals surface area (Å²) in [4.78, 5) is 35.8. The summed E-state index contributed by atoms with van der Waals surface area (Å²) < 4.78 is 21.1. The zero-order valence-corrected chi connectivity index (χ0v) is 19.1. The molecule has 3 rings (SSSR count). The monoisotopic (exact) mass is 470 g/mol. The van der Waals surface area contributed by atoms with Crippen molar-refractivity contribution in [2.75, 3.05) is 13.9 Å². The lowest BCUT2D eigenvalue weighted by Gasteiger charge is -2.20. The first-order valence-corrected chi connectivity index (χ1v) is 10.6. The van der Waals surface area contributed by atoms with Gasteiger partial charge in [-0.3, -0.25) is 19.7 Å². The summed E-state index contributed by atoms with van der Waals surface area (Å²) in [5, 5.41) is 14.1. The smallest absolute Gasteiger partial charge is 0.308 e. The zero-order chi connectivity index (χ0) is 24.7. The van der Waals surface area contributed by atoms with Crippen LogP contribution in [0.1, 0.15) is 43.0 Å². The maximum Gasteiger partial charge on any atom is 0.308 e. The van der Waals surface area contributed by atoms with E-state index in [1.807, 2.05) is 0 Å². The van der Waals surface area contributed by atoms with E-state index in [0.29, 0.717) is 28.2 Å². The molecule has 2 aromatic carbocycles. The van der Waals surface area contributed by atoms with E-state index in [-0.39, 0.29) is 31.6 Å². The normalized spacial score (nSPS) is 13.6. The summed E-state index contributed by atoms with van der Waals surface area (Å²) in [5.41, 5.74) is 1.45. The molecule has 0 radical (unpaired) electrons. The number of nitrogens with zero attached hydrogens (tertiary/aromatic N) is 1. The van der Waals surface area contributed by atoms with Crippen molar-refractivity contribution in [3.63, 3.8) is 0 Å². The molecule has 2 aromatic rings. The van der Waals surface area contributed by atoms with E-state index >= 15 is 0 Å². The predicted molar refractivity (Wildman–Crippen MR) is 122 cm³/mol. The van der Waals surface area contributed by atoms with Crippen molar-refractivity contribution < 1.29 is 33.5 Å². The van der Waals surface area contributed by atoms with Crippen LogP contribution >= 0.6 is 0 Å². The first kappa shape index (κ1) is 24.7. The first-order chi connectivity index (χ1) is 16.3. The molecule has 1 heterocycles. The van der Waals surface area contributed by atoms with Crippen LogP contribution in [0, 0.1) is 10.1 Å². The fraction of sp³-hybridized carbons (Fsp3) is 0.333. The first-order valence-electron chi connectivity index (χ1n) is 10.6. The molecule has 10 heteroatoms. The average molecular weight is 470 g/mol. The van der Waals surface area contributed by atoms with Crippen LogP contribution in [0.15, 0.2) is 42.5 Å². The van der Waals surface area contributed by atoms with Crippen molar-refractivity contribution in [1.82, 2.24) is 5.32 Å². The van der Waals surface area contributed by atoms with Crippen LogP contribution in [-0.2, 0) is 25.7 Å². The van der Waals surface area contributed by atoms with E-state index in [1.54, 1.807) is 45.2 Å². The molecule has 180 valence electrons. The number of carbonyl (C=O) groups is 2. The minimum absolute atomic E-state index is 0.00928. The van der Waals surface area contributed by atoms with Crippen LogP contribution in [0.25, 0.3) is 6.08 Å². The van der Waals surface area contributed by atoms with Crippen LogP contribution < -0.4 is 14.8 Å². The number of hydrogen-bond donors (Lipinski definition) is 1. The number of non-ortho nitro benzene ring substituents is 1. The van der Waals surface area contributed by atoms with Crippen molar-refractivity contribution >= 4 is 23.6 Å². The molecule has 0 fully saturated rings. The fourth-order valence-electron chi connectivity index (χ4n) is 3.41. The number of amides is 1. The van der Waals surface area contributed by atoms with Crippen LogP contribution in [0.2, 0.25) is 0 Å². The maximum atomic E-state index is 12.7. The minimum Gasteiger partial charge on any atom is -0.497 e. The number of rotatable bonds is 9. The number of carbonyl (C=O) groups excluding carboxylic acids is 2. The molecule has 0 aliphatic carbocycles. The van der Waals surface area contributed by atoms with Gasteiger partial charge in [-0.25, -0.2) is 0 Å². The molecule has 0 aromatic heterocycles. The summed E-state index contributed by atoms with van der Waals surface area (Å²) in [6, 6.07) is 9.01. The highest BCUT2D eigenvalue weighted by Gasteiger charge is 2.22. The lowest BCUT2D eigenvalue weighted by Crippen LogP contribution is -2.29. The lowest BCUT2D eigenvalue weighted by molar-refractivity contribution is -0.385. The van der Waals surface area contributed by atoms with Crippen LogP contribution in [-0.4, -0.2) is 36.8 Å². The van der Waals surface area contributed by atoms with Gasteiger partial charge in [0.25, 0.3) is 5.69 Å². The Hall–Kier alpha value is -3.92. The summed E-state index contributed by atoms with van der Waals surface area (Å²) in [7, 11) is 1.54. The van der Waals surface area contributed by atoms with Gasteiger partial charge in [0, 0.05) is 29.3 Å². The fourth-order valence-corrected chi connectivity index (χ4v) is 3.41. The van der Waals surface area contributed by atoms with Gasteiger partial charge in [-0.05, 0) is 37.6 Å². The SMILES string of the molecule is COc1ccc(C(CC(=O)OC(C)C)NC(=O)/C=C/c2cc([N+](=O)[O-])cc3c2OCOC3)cc1. The number of hydrogen-bond acceptors (Lipinski definition) is 8. The topological polar surface area (TPSA) is 126 Å². The standard InChI is InChI=1S/C24H26N2O8/c1-15(2)34-23(28)12-21(16-4-7-20(31-3)8-5-16)25-22(27)9-6-17-10-19(26(29)30)11-18-13-32-14-33-24(17)18/h4-11,15,21H,12-14H2,1-3H3,(H,25,27)/b9-6+. The van der Waals surface area contributed by atoms with Crippen LogP contribution in [0.3, 0.4) is 0 Å². The number of nitro groups is 1. The molecule has 1 unspecified atom stereocenters. The van der Waals surface area contributed by atoms with Crippen LogP contribution in [0.5, 0.6) is 11.5 Å². The second-order valence-corrected chi connectivity index (χ2v) is 7.80. The molecule has 1 N–H and O–H groups in total. The Morgan fingerprint density at radius 1 is 1.24 bits per heavy atom. The Bertz CT molecular complexity index is 1080. The van der Waals surface area contributed by atoms with Gasteiger partial charge in [0.2, 0.25) is 5.91 Å². The van der Waals surface area contributed by atoms with Crippen molar-refractivity contribution in [3.8, 4) is 11.5 Å². The Labute approximate surface area is 196 Å². The Morgan fingerprint density at radius 3 is 2.62 bits per heavy atom. The molecule has 0 saturated carbocycles. The molecule has 10 nitrogen and oxygen atoms in total. The third kappa shape index (κ3) is 6.55. The van der Waals surface area contributed by atoms with E-state index in [4.69, 9.17) is 18.9 Å². The van der Waals surface area contributed by atoms with Gasteiger partial charge < -0.3 is 24.3 Å². The highest BCUT2D eigenvalue weighted by Crippen LogP contribution is 2.33. The third-order valence-electron chi connectivity index (χ3n) is 4.92. The van der Waals surface area contributed by atoms with Crippen molar-refractivity contribution in [1.29, 1.82) is 0 Å². The van der Waals surface area contributed by atoms with Gasteiger partial charge in [0.1, 0.15) is 11.5 Å². The van der Waals surface area contributed by atoms with Gasteiger partial charge in [-0.1, -0.05) is 12.1 Å². The number of esters is 1. The Kier molecular flexibility index (Phi) is 8.20. The van der Waals surface area contributed by atoms with Gasteiger partial charge >= 0.3 is 5.97 Å². The summed E-state index contributed by atoms with van der Waals surface area (Å²) in [6.45, 7) is 3.67. The number of nitro benzene ring substituents is 1. The van der Waals surface area contributed by atoms with E-state index in [0.717, 1.165) is 0 Å². The van der Waals surface area contributed by atoms with Crippen molar-refractivity contribution in [3.05, 3.63) is 69.3 Å². The number of methoxy groups -OCH3 is 1. The summed E-state index contributed by atoms with van der Waals surface area (Å²) in [6.07, 6.45) is 2.31. The van der Waals surface area contributed by atoms with Gasteiger partial charge in [-0.15, -0.1) is 0 Å². The number of nitrogens with one attached hydrogen (secondary N) is 1. The molecular formula is C24H26N2O8. The number of fused-ring (bicyclic) bond motifs is 1. The molecule has 1 aliphatic rings. The third-order valence-corrected chi connectivity index (χ3v) is 4.92. The lowest BCUT2D eigenvalue weighted by atomic mass is 10.0. The highest BCUT2D eigenvalue weighted by molar-refractivity contribution is 5.93. The van der Waals surface area contributed by atoms with E-state index in [9.17, 15) is 19.7 Å².